The molecule has 2 nitrogen and oxygen atoms in total. The van der Waals surface area contributed by atoms with Crippen LogP contribution in [-0.4, -0.2) is 18.5 Å². The smallest absolute Gasteiger partial charge is 0.159 e. The minimum atomic E-state index is 0.172. The highest BCUT2D eigenvalue weighted by Crippen LogP contribution is 2.61. The number of hydrogen-bond acceptors (Lipinski definition) is 2. The monoisotopic (exact) mass is 250 g/mol. The number of Topliss-reactive ketones (excluding diaryl/α,β-unsaturated/α-hetero) is 1. The van der Waals surface area contributed by atoms with Crippen molar-refractivity contribution < 1.29 is 9.53 Å². The van der Waals surface area contributed by atoms with E-state index in [1.54, 1.807) is 0 Å². The van der Waals surface area contributed by atoms with Crippen LogP contribution in [-0.2, 0) is 9.53 Å². The van der Waals surface area contributed by atoms with Crippen LogP contribution in [0.4, 0.5) is 0 Å². The van der Waals surface area contributed by atoms with Gasteiger partial charge in [-0.3, -0.25) is 4.79 Å². The Bertz CT molecular complexity index is 297. The summed E-state index contributed by atoms with van der Waals surface area (Å²) in [6.07, 6.45) is 9.31. The van der Waals surface area contributed by atoms with Crippen LogP contribution < -0.4 is 0 Å². The van der Waals surface area contributed by atoms with E-state index in [2.05, 4.69) is 0 Å². The Morgan fingerprint density at radius 3 is 2.06 bits per heavy atom. The van der Waals surface area contributed by atoms with Crippen molar-refractivity contribution in [3.05, 3.63) is 0 Å². The second-order valence-electron chi connectivity index (χ2n) is 7.49. The molecule has 0 spiro atoms. The maximum atomic E-state index is 12.1. The van der Waals surface area contributed by atoms with Gasteiger partial charge in [0.05, 0.1) is 6.10 Å². The van der Waals surface area contributed by atoms with E-state index in [0.717, 1.165) is 24.2 Å². The predicted molar refractivity (Wildman–Crippen MR) is 71.3 cm³/mol. The fourth-order valence-corrected chi connectivity index (χ4v) is 5.24. The van der Waals surface area contributed by atoms with Gasteiger partial charge in [0.1, 0.15) is 6.61 Å². The highest BCUT2D eigenvalue weighted by Gasteiger charge is 2.51. The van der Waals surface area contributed by atoms with E-state index in [0.29, 0.717) is 17.8 Å². The normalized spacial score (nSPS) is 41.6. The van der Waals surface area contributed by atoms with E-state index in [1.165, 1.54) is 38.5 Å². The molecule has 0 aromatic rings. The lowest BCUT2D eigenvalue weighted by atomic mass is 9.48. The maximum absolute atomic E-state index is 12.1. The second-order valence-corrected chi connectivity index (χ2v) is 7.49. The molecule has 4 rings (SSSR count). The summed E-state index contributed by atoms with van der Waals surface area (Å²) < 4.78 is 5.47. The highest BCUT2D eigenvalue weighted by molar-refractivity contribution is 5.80. The minimum absolute atomic E-state index is 0.172. The summed E-state index contributed by atoms with van der Waals surface area (Å²) in [6.45, 7) is 4.33. The van der Waals surface area contributed by atoms with E-state index >= 15 is 0 Å². The van der Waals surface area contributed by atoms with Crippen LogP contribution in [0.5, 0.6) is 0 Å². The van der Waals surface area contributed by atoms with Crippen LogP contribution in [0.15, 0.2) is 0 Å². The van der Waals surface area contributed by atoms with Gasteiger partial charge in [0.25, 0.3) is 0 Å². The number of carbonyl (C=O) groups excluding carboxylic acids is 1. The molecule has 0 saturated heterocycles. The second kappa shape index (κ2) is 4.63. The lowest BCUT2D eigenvalue weighted by molar-refractivity contribution is -0.133. The van der Waals surface area contributed by atoms with Crippen molar-refractivity contribution in [2.75, 3.05) is 6.61 Å². The third-order valence-corrected chi connectivity index (χ3v) is 5.31. The Morgan fingerprint density at radius 1 is 1.11 bits per heavy atom. The van der Waals surface area contributed by atoms with Gasteiger partial charge >= 0.3 is 0 Å². The summed E-state index contributed by atoms with van der Waals surface area (Å²) in [5, 5.41) is 0. The lowest BCUT2D eigenvalue weighted by Gasteiger charge is -2.56. The average Bonchev–Trinajstić information content (AvgIpc) is 2.23. The van der Waals surface area contributed by atoms with Crippen LogP contribution in [0.1, 0.15) is 58.8 Å². The summed E-state index contributed by atoms with van der Waals surface area (Å²) in [6, 6.07) is 0. The van der Waals surface area contributed by atoms with Gasteiger partial charge in [0.15, 0.2) is 5.78 Å². The first-order chi connectivity index (χ1) is 8.55. The molecule has 0 amide bonds. The first-order valence-electron chi connectivity index (χ1n) is 7.68. The van der Waals surface area contributed by atoms with Gasteiger partial charge in [0.2, 0.25) is 0 Å². The van der Waals surface area contributed by atoms with Gasteiger partial charge in [-0.25, -0.2) is 0 Å². The highest BCUT2D eigenvalue weighted by atomic mass is 16.5. The molecule has 0 heterocycles. The van der Waals surface area contributed by atoms with E-state index in [4.69, 9.17) is 4.74 Å². The van der Waals surface area contributed by atoms with E-state index in [9.17, 15) is 4.79 Å². The van der Waals surface area contributed by atoms with Gasteiger partial charge in [-0.05, 0) is 75.5 Å². The van der Waals surface area contributed by atoms with Crippen molar-refractivity contribution in [2.45, 2.75) is 64.9 Å². The molecule has 4 saturated carbocycles. The topological polar surface area (TPSA) is 26.3 Å². The molecule has 102 valence electrons. The standard InChI is InChI=1S/C16H26O2/c1-11(2)18-10-15(17)9-16-6-12-3-13(7-16)5-14(4-12)8-16/h11-14H,3-10H2,1-2H3. The van der Waals surface area contributed by atoms with E-state index in [-0.39, 0.29) is 6.10 Å². The summed E-state index contributed by atoms with van der Waals surface area (Å²) in [7, 11) is 0. The summed E-state index contributed by atoms with van der Waals surface area (Å²) in [5.74, 6) is 3.16. The third-order valence-electron chi connectivity index (χ3n) is 5.31. The summed E-state index contributed by atoms with van der Waals surface area (Å²) in [5.41, 5.74) is 0.381. The van der Waals surface area contributed by atoms with Crippen molar-refractivity contribution in [1.29, 1.82) is 0 Å². The zero-order chi connectivity index (χ0) is 12.8. The SMILES string of the molecule is CC(C)OCC(=O)CC12CC3CC(CC(C3)C1)C2. The molecule has 0 atom stereocenters. The largest absolute Gasteiger partial charge is 0.371 e. The molecule has 4 aliphatic carbocycles. The molecular weight excluding hydrogens is 224 g/mol. The number of ether oxygens (including phenoxy) is 1. The summed E-state index contributed by atoms with van der Waals surface area (Å²) >= 11 is 0. The lowest BCUT2D eigenvalue weighted by Crippen LogP contribution is -2.47. The fourth-order valence-electron chi connectivity index (χ4n) is 5.24. The van der Waals surface area contributed by atoms with Crippen LogP contribution in [0.3, 0.4) is 0 Å². The molecule has 2 heteroatoms. The molecule has 0 aromatic heterocycles. The Kier molecular flexibility index (Phi) is 3.25. The molecule has 0 unspecified atom stereocenters. The molecular formula is C16H26O2. The molecule has 0 aromatic carbocycles. The molecule has 4 fully saturated rings. The van der Waals surface area contributed by atoms with E-state index in [1.807, 2.05) is 13.8 Å². The Hall–Kier alpha value is -0.370. The number of hydrogen-bond donors (Lipinski definition) is 0. The Labute approximate surface area is 110 Å². The molecule has 0 radical (unpaired) electrons. The van der Waals surface area contributed by atoms with Crippen molar-refractivity contribution >= 4 is 5.78 Å². The first-order valence-corrected chi connectivity index (χ1v) is 7.68. The van der Waals surface area contributed by atoms with Crippen molar-refractivity contribution in [2.24, 2.45) is 23.2 Å². The van der Waals surface area contributed by atoms with Crippen LogP contribution in [0.25, 0.3) is 0 Å². The van der Waals surface area contributed by atoms with Crippen molar-refractivity contribution in [3.63, 3.8) is 0 Å². The molecule has 0 aliphatic heterocycles. The quantitative estimate of drug-likeness (QED) is 0.745. The number of ketones is 1. The molecule has 4 bridgehead atoms. The van der Waals surface area contributed by atoms with Gasteiger partial charge in [0, 0.05) is 6.42 Å². The summed E-state index contributed by atoms with van der Waals surface area (Å²) in [4.78, 5) is 12.1. The van der Waals surface area contributed by atoms with Gasteiger partial charge in [-0.1, -0.05) is 0 Å². The van der Waals surface area contributed by atoms with Crippen LogP contribution >= 0.6 is 0 Å². The van der Waals surface area contributed by atoms with Gasteiger partial charge in [-0.2, -0.15) is 0 Å². The van der Waals surface area contributed by atoms with Gasteiger partial charge in [-0.15, -0.1) is 0 Å². The fraction of sp³-hybridized carbons (Fsp3) is 0.938. The predicted octanol–water partition coefficient (Wildman–Crippen LogP) is 3.59. The average molecular weight is 250 g/mol. The Balaban J connectivity index is 1.60. The van der Waals surface area contributed by atoms with E-state index < -0.39 is 0 Å². The minimum Gasteiger partial charge on any atom is -0.371 e. The zero-order valence-corrected chi connectivity index (χ0v) is 11.8. The Morgan fingerprint density at radius 2 is 1.61 bits per heavy atom. The van der Waals surface area contributed by atoms with Crippen molar-refractivity contribution in [3.8, 4) is 0 Å². The van der Waals surface area contributed by atoms with Crippen molar-refractivity contribution in [1.82, 2.24) is 0 Å². The molecule has 18 heavy (non-hydrogen) atoms. The molecule has 4 aliphatic rings. The van der Waals surface area contributed by atoms with Crippen LogP contribution in [0, 0.1) is 23.2 Å². The maximum Gasteiger partial charge on any atom is 0.159 e. The first kappa shape index (κ1) is 12.7. The van der Waals surface area contributed by atoms with Crippen LogP contribution in [0.2, 0.25) is 0 Å². The number of carbonyl (C=O) groups is 1. The zero-order valence-electron chi connectivity index (χ0n) is 11.8. The number of rotatable bonds is 5. The molecule has 0 N–H and O–H groups in total. The van der Waals surface area contributed by atoms with Gasteiger partial charge < -0.3 is 4.74 Å². The third kappa shape index (κ3) is 2.49.